The van der Waals surface area contributed by atoms with E-state index in [0.29, 0.717) is 34.5 Å². The third-order valence-electron chi connectivity index (χ3n) is 5.71. The van der Waals surface area contributed by atoms with Crippen molar-refractivity contribution < 1.29 is 26.4 Å². The Morgan fingerprint density at radius 3 is 2.51 bits per heavy atom. The minimum atomic E-state index is -4.77. The molecule has 0 saturated carbocycles. The largest absolute Gasteiger partial charge is 0.421 e. The van der Waals surface area contributed by atoms with Crippen LogP contribution < -0.4 is 20.3 Å². The molecule has 3 heterocycles. The first-order chi connectivity index (χ1) is 17.2. The molecule has 0 atom stereocenters. The molecule has 1 amide bonds. The molecule has 0 spiro atoms. The molecule has 3 N–H and O–H groups in total. The van der Waals surface area contributed by atoms with Crippen LogP contribution in [0.15, 0.2) is 24.4 Å². The zero-order chi connectivity index (χ0) is 27.1. The van der Waals surface area contributed by atoms with Gasteiger partial charge in [0.1, 0.15) is 17.1 Å². The van der Waals surface area contributed by atoms with E-state index in [9.17, 15) is 26.4 Å². The lowest BCUT2D eigenvalue weighted by atomic mass is 10.1. The third kappa shape index (κ3) is 5.55. The number of benzene rings is 1. The fourth-order valence-electron chi connectivity index (χ4n) is 3.60. The van der Waals surface area contributed by atoms with Crippen LogP contribution in [-0.2, 0) is 34.0 Å². The van der Waals surface area contributed by atoms with E-state index in [-0.39, 0.29) is 36.3 Å². The quantitative estimate of drug-likeness (QED) is 0.415. The van der Waals surface area contributed by atoms with Gasteiger partial charge in [-0.1, -0.05) is 6.07 Å². The molecular weight excluding hydrogens is 513 g/mol. The van der Waals surface area contributed by atoms with Crippen molar-refractivity contribution in [3.05, 3.63) is 52.6 Å². The molecule has 0 saturated heterocycles. The van der Waals surface area contributed by atoms with Crippen molar-refractivity contribution in [2.75, 3.05) is 33.6 Å². The van der Waals surface area contributed by atoms with Crippen LogP contribution in [0.25, 0.3) is 0 Å². The Bertz CT molecular complexity index is 1500. The number of alkyl halides is 3. The third-order valence-corrected chi connectivity index (χ3v) is 6.87. The molecular formula is C22H23F3N8O3S. The highest BCUT2D eigenvalue weighted by molar-refractivity contribution is 7.92. The number of anilines is 5. The standard InChI is InChI=1S/C22H23F3N8O3S/c1-11-12(2)29-20(33(3)37(4,35)36)17(28-11)10-26-19-14(22(23,24)25)9-27-21(32-19)31-16-7-5-6-15-13(16)8-18(34)30-15/h5-7,9H,8,10H2,1-4H3,(H,30,34)(H2,26,27,31,32). The van der Waals surface area contributed by atoms with Crippen molar-refractivity contribution in [1.82, 2.24) is 19.9 Å². The van der Waals surface area contributed by atoms with Gasteiger partial charge in [-0.25, -0.2) is 18.4 Å². The average molecular weight is 537 g/mol. The molecule has 3 aromatic rings. The van der Waals surface area contributed by atoms with Gasteiger partial charge >= 0.3 is 6.18 Å². The second kappa shape index (κ2) is 9.46. The van der Waals surface area contributed by atoms with E-state index in [1.165, 1.54) is 7.05 Å². The first-order valence-corrected chi connectivity index (χ1v) is 12.7. The molecule has 196 valence electrons. The number of nitrogens with zero attached hydrogens (tertiary/aromatic N) is 5. The van der Waals surface area contributed by atoms with Crippen LogP contribution in [-0.4, -0.2) is 47.6 Å². The van der Waals surface area contributed by atoms with Crippen LogP contribution in [0.1, 0.15) is 28.2 Å². The van der Waals surface area contributed by atoms with Crippen molar-refractivity contribution >= 4 is 44.9 Å². The molecule has 0 bridgehead atoms. The van der Waals surface area contributed by atoms with E-state index in [4.69, 9.17) is 0 Å². The summed E-state index contributed by atoms with van der Waals surface area (Å²) >= 11 is 0. The lowest BCUT2D eigenvalue weighted by Gasteiger charge is -2.21. The highest BCUT2D eigenvalue weighted by atomic mass is 32.2. The number of fused-ring (bicyclic) bond motifs is 1. The van der Waals surface area contributed by atoms with Crippen LogP contribution in [0.2, 0.25) is 0 Å². The molecule has 4 rings (SSSR count). The number of sulfonamides is 1. The molecule has 0 fully saturated rings. The topological polar surface area (TPSA) is 142 Å². The number of aryl methyl sites for hydroxylation is 2. The Balaban J connectivity index is 1.68. The van der Waals surface area contributed by atoms with Crippen molar-refractivity contribution in [3.63, 3.8) is 0 Å². The number of carbonyl (C=O) groups excluding carboxylic acids is 1. The van der Waals surface area contributed by atoms with Gasteiger partial charge in [0.25, 0.3) is 0 Å². The molecule has 1 aliphatic rings. The van der Waals surface area contributed by atoms with Crippen LogP contribution in [0.4, 0.5) is 42.1 Å². The maximum absolute atomic E-state index is 13.7. The first kappa shape index (κ1) is 26.1. The minimum absolute atomic E-state index is 0.0175. The van der Waals surface area contributed by atoms with Gasteiger partial charge in [-0.3, -0.25) is 14.1 Å². The van der Waals surface area contributed by atoms with E-state index < -0.39 is 27.6 Å². The lowest BCUT2D eigenvalue weighted by molar-refractivity contribution is -0.137. The van der Waals surface area contributed by atoms with Gasteiger partial charge in [0.15, 0.2) is 5.82 Å². The maximum Gasteiger partial charge on any atom is 0.421 e. The van der Waals surface area contributed by atoms with E-state index in [2.05, 4.69) is 35.9 Å². The normalized spacial score (nSPS) is 13.2. The maximum atomic E-state index is 13.7. The Labute approximate surface area is 210 Å². The summed E-state index contributed by atoms with van der Waals surface area (Å²) < 4.78 is 66.3. The van der Waals surface area contributed by atoms with Gasteiger partial charge in [0.2, 0.25) is 21.9 Å². The molecule has 0 aliphatic carbocycles. The number of amides is 1. The smallest absolute Gasteiger partial charge is 0.364 e. The zero-order valence-electron chi connectivity index (χ0n) is 20.2. The van der Waals surface area contributed by atoms with Crippen molar-refractivity contribution in [2.45, 2.75) is 33.0 Å². The zero-order valence-corrected chi connectivity index (χ0v) is 21.0. The minimum Gasteiger partial charge on any atom is -0.364 e. The summed E-state index contributed by atoms with van der Waals surface area (Å²) in [6, 6.07) is 5.04. The molecule has 0 unspecified atom stereocenters. The van der Waals surface area contributed by atoms with Crippen LogP contribution in [0.5, 0.6) is 0 Å². The predicted molar refractivity (Wildman–Crippen MR) is 131 cm³/mol. The Hall–Kier alpha value is -4.01. The second-order valence-electron chi connectivity index (χ2n) is 8.38. The van der Waals surface area contributed by atoms with Crippen LogP contribution in [0, 0.1) is 13.8 Å². The van der Waals surface area contributed by atoms with Gasteiger partial charge < -0.3 is 16.0 Å². The molecule has 1 aromatic carbocycles. The first-order valence-electron chi connectivity index (χ1n) is 10.9. The molecule has 37 heavy (non-hydrogen) atoms. The summed E-state index contributed by atoms with van der Waals surface area (Å²) in [7, 11) is -2.43. The van der Waals surface area contributed by atoms with Crippen LogP contribution in [0.3, 0.4) is 0 Å². The predicted octanol–water partition coefficient (Wildman–Crippen LogP) is 3.15. The fourth-order valence-corrected chi connectivity index (χ4v) is 4.06. The number of hydrogen-bond donors (Lipinski definition) is 3. The molecule has 11 nitrogen and oxygen atoms in total. The van der Waals surface area contributed by atoms with E-state index >= 15 is 0 Å². The Morgan fingerprint density at radius 2 is 1.84 bits per heavy atom. The Morgan fingerprint density at radius 1 is 1.14 bits per heavy atom. The fraction of sp³-hybridized carbons (Fsp3) is 0.318. The van der Waals surface area contributed by atoms with Gasteiger partial charge in [-0.2, -0.15) is 18.2 Å². The highest BCUT2D eigenvalue weighted by Crippen LogP contribution is 2.36. The average Bonchev–Trinajstić information content (AvgIpc) is 3.19. The van der Waals surface area contributed by atoms with Crippen molar-refractivity contribution in [2.24, 2.45) is 0 Å². The monoisotopic (exact) mass is 536 g/mol. The highest BCUT2D eigenvalue weighted by Gasteiger charge is 2.35. The number of halogens is 3. The number of hydrogen-bond acceptors (Lipinski definition) is 9. The van der Waals surface area contributed by atoms with E-state index in [0.717, 1.165) is 10.6 Å². The summed E-state index contributed by atoms with van der Waals surface area (Å²) in [4.78, 5) is 28.2. The van der Waals surface area contributed by atoms with Gasteiger partial charge in [-0.05, 0) is 26.0 Å². The van der Waals surface area contributed by atoms with Gasteiger partial charge in [0.05, 0.1) is 30.6 Å². The summed E-state index contributed by atoms with van der Waals surface area (Å²) in [5, 5.41) is 8.18. The van der Waals surface area contributed by atoms with Crippen LogP contribution >= 0.6 is 0 Å². The number of aromatic nitrogens is 4. The van der Waals surface area contributed by atoms with E-state index in [1.807, 2.05) is 0 Å². The van der Waals surface area contributed by atoms with Gasteiger partial charge in [-0.15, -0.1) is 0 Å². The molecule has 0 radical (unpaired) electrons. The number of nitrogens with one attached hydrogen (secondary N) is 3. The summed E-state index contributed by atoms with van der Waals surface area (Å²) in [6.07, 6.45) is -3.05. The number of carbonyl (C=O) groups is 1. The lowest BCUT2D eigenvalue weighted by Crippen LogP contribution is -2.28. The Kier molecular flexibility index (Phi) is 6.66. The molecule has 15 heteroatoms. The second-order valence-corrected chi connectivity index (χ2v) is 10.4. The van der Waals surface area contributed by atoms with Crippen molar-refractivity contribution in [1.29, 1.82) is 0 Å². The molecule has 1 aliphatic heterocycles. The SMILES string of the molecule is Cc1nc(CNc2nc(Nc3cccc4c3CC(=O)N4)ncc2C(F)(F)F)c(N(C)S(C)(=O)=O)nc1C. The number of rotatable bonds is 7. The van der Waals surface area contributed by atoms with E-state index in [1.54, 1.807) is 32.0 Å². The molecule has 2 aromatic heterocycles. The summed E-state index contributed by atoms with van der Waals surface area (Å²) in [5.74, 6) is -0.900. The summed E-state index contributed by atoms with van der Waals surface area (Å²) in [6.45, 7) is 3.00. The van der Waals surface area contributed by atoms with Crippen molar-refractivity contribution in [3.8, 4) is 0 Å². The van der Waals surface area contributed by atoms with Gasteiger partial charge in [0, 0.05) is 30.2 Å². The summed E-state index contributed by atoms with van der Waals surface area (Å²) in [5.41, 5.74) is 1.66.